The van der Waals surface area contributed by atoms with Crippen molar-refractivity contribution in [2.24, 2.45) is 10.6 Å². The highest BCUT2D eigenvalue weighted by Crippen LogP contribution is 2.45. The normalized spacial score (nSPS) is 18.3. The Balaban J connectivity index is 1.34. The summed E-state index contributed by atoms with van der Waals surface area (Å²) in [6, 6.07) is 10.7. The van der Waals surface area contributed by atoms with E-state index in [-0.39, 0.29) is 11.5 Å². The molecule has 5 rings (SSSR count). The standard InChI is InChI=1S/C22H20F2N4O2S2/c1-13-19(32(25)30)31-21(26-13)28-8-7-22(20(28)29)11-27(12-22)16-4-2-3-14(9-16)17-10-15(23)5-6-18(17)24/h2-6,9-10H,7-8,11-12,25H2,1H3. The molecule has 1 spiro atoms. The fourth-order valence-electron chi connectivity index (χ4n) is 4.42. The Morgan fingerprint density at radius 3 is 2.69 bits per heavy atom. The summed E-state index contributed by atoms with van der Waals surface area (Å²) in [4.78, 5) is 21.3. The molecular formula is C22H20F2N4O2S2. The Labute approximate surface area is 190 Å². The van der Waals surface area contributed by atoms with Gasteiger partial charge in [0, 0.05) is 30.9 Å². The smallest absolute Gasteiger partial charge is 0.238 e. The lowest BCUT2D eigenvalue weighted by Crippen LogP contribution is -2.60. The van der Waals surface area contributed by atoms with Crippen LogP contribution in [0.2, 0.25) is 0 Å². The molecule has 2 aromatic carbocycles. The number of carbonyl (C=O) groups excluding carboxylic acids is 1. The summed E-state index contributed by atoms with van der Waals surface area (Å²) < 4.78 is 39.9. The van der Waals surface area contributed by atoms with Crippen LogP contribution in [0.3, 0.4) is 0 Å². The fourth-order valence-corrected chi connectivity index (χ4v) is 6.14. The summed E-state index contributed by atoms with van der Waals surface area (Å²) in [5, 5.41) is 6.02. The van der Waals surface area contributed by atoms with Crippen LogP contribution in [0.5, 0.6) is 0 Å². The Kier molecular flexibility index (Phi) is 5.11. The molecule has 1 unspecified atom stereocenters. The second-order valence-corrected chi connectivity index (χ2v) is 10.4. The number of aromatic nitrogens is 1. The summed E-state index contributed by atoms with van der Waals surface area (Å²) in [7, 11) is -1.63. The molecule has 0 bridgehead atoms. The Bertz CT molecular complexity index is 1260. The van der Waals surface area contributed by atoms with E-state index in [4.69, 9.17) is 5.14 Å². The van der Waals surface area contributed by atoms with Crippen molar-refractivity contribution in [3.63, 3.8) is 0 Å². The van der Waals surface area contributed by atoms with Gasteiger partial charge in [0.1, 0.15) is 26.8 Å². The Morgan fingerprint density at radius 1 is 1.19 bits per heavy atom. The Morgan fingerprint density at radius 2 is 1.97 bits per heavy atom. The molecule has 1 atom stereocenters. The van der Waals surface area contributed by atoms with E-state index >= 15 is 0 Å². The molecule has 2 saturated heterocycles. The van der Waals surface area contributed by atoms with Crippen molar-refractivity contribution >= 4 is 39.0 Å². The first kappa shape index (κ1) is 21.2. The van der Waals surface area contributed by atoms with Crippen molar-refractivity contribution in [3.8, 4) is 11.1 Å². The summed E-state index contributed by atoms with van der Waals surface area (Å²) in [6.07, 6.45) is 0.695. The number of hydrogen-bond acceptors (Lipinski definition) is 5. The predicted molar refractivity (Wildman–Crippen MR) is 121 cm³/mol. The van der Waals surface area contributed by atoms with E-state index in [1.54, 1.807) is 24.0 Å². The molecule has 3 heterocycles. The first-order valence-electron chi connectivity index (χ1n) is 10.0. The topological polar surface area (TPSA) is 79.5 Å². The number of anilines is 2. The van der Waals surface area contributed by atoms with Crippen LogP contribution in [0, 0.1) is 24.0 Å². The van der Waals surface area contributed by atoms with Gasteiger partial charge in [-0.05, 0) is 49.2 Å². The summed E-state index contributed by atoms with van der Waals surface area (Å²) in [5.74, 6) is -0.976. The van der Waals surface area contributed by atoms with E-state index in [0.29, 0.717) is 46.7 Å². The van der Waals surface area contributed by atoms with Crippen LogP contribution < -0.4 is 14.9 Å². The summed E-state index contributed by atoms with van der Waals surface area (Å²) >= 11 is 1.19. The lowest BCUT2D eigenvalue weighted by molar-refractivity contribution is -0.126. The van der Waals surface area contributed by atoms with E-state index in [0.717, 1.165) is 17.8 Å². The molecule has 1 amide bonds. The van der Waals surface area contributed by atoms with Crippen LogP contribution in [0.15, 0.2) is 46.7 Å². The average molecular weight is 475 g/mol. The monoisotopic (exact) mass is 474 g/mol. The van der Waals surface area contributed by atoms with Gasteiger partial charge in [-0.2, -0.15) is 0 Å². The lowest BCUT2D eigenvalue weighted by Gasteiger charge is -2.47. The van der Waals surface area contributed by atoms with Gasteiger partial charge in [-0.1, -0.05) is 23.5 Å². The average Bonchev–Trinajstić information content (AvgIpc) is 3.29. The van der Waals surface area contributed by atoms with Crippen molar-refractivity contribution in [3.05, 3.63) is 59.8 Å². The van der Waals surface area contributed by atoms with Gasteiger partial charge in [-0.25, -0.2) is 23.1 Å². The lowest BCUT2D eigenvalue weighted by atomic mass is 9.78. The van der Waals surface area contributed by atoms with Crippen molar-refractivity contribution in [2.45, 2.75) is 17.6 Å². The first-order chi connectivity index (χ1) is 15.3. The quantitative estimate of drug-likeness (QED) is 0.627. The van der Waals surface area contributed by atoms with Crippen LogP contribution in [0.1, 0.15) is 12.1 Å². The molecular weight excluding hydrogens is 454 g/mol. The van der Waals surface area contributed by atoms with Gasteiger partial charge in [0.25, 0.3) is 0 Å². The van der Waals surface area contributed by atoms with Gasteiger partial charge >= 0.3 is 0 Å². The van der Waals surface area contributed by atoms with Gasteiger partial charge in [0.05, 0.1) is 11.1 Å². The molecule has 0 radical (unpaired) electrons. The van der Waals surface area contributed by atoms with E-state index in [2.05, 4.69) is 9.88 Å². The fraction of sp³-hybridized carbons (Fsp3) is 0.273. The molecule has 32 heavy (non-hydrogen) atoms. The molecule has 2 aliphatic heterocycles. The molecule has 2 aliphatic rings. The largest absolute Gasteiger partial charge is 0.369 e. The van der Waals surface area contributed by atoms with Crippen LogP contribution in [0.25, 0.3) is 11.1 Å². The zero-order valence-corrected chi connectivity index (χ0v) is 18.8. The molecule has 2 fully saturated rings. The number of aryl methyl sites for hydroxylation is 1. The maximum atomic E-state index is 14.2. The van der Waals surface area contributed by atoms with Crippen LogP contribution >= 0.6 is 11.3 Å². The maximum absolute atomic E-state index is 14.2. The molecule has 2 N–H and O–H groups in total. The van der Waals surface area contributed by atoms with Crippen LogP contribution in [-0.2, 0) is 15.8 Å². The minimum absolute atomic E-state index is 0.00387. The molecule has 166 valence electrons. The third kappa shape index (κ3) is 3.42. The van der Waals surface area contributed by atoms with E-state index in [1.165, 1.54) is 17.4 Å². The number of benzene rings is 2. The number of carbonyl (C=O) groups is 1. The van der Waals surface area contributed by atoms with Crippen molar-refractivity contribution in [1.82, 2.24) is 4.98 Å². The second-order valence-electron chi connectivity index (χ2n) is 8.18. The molecule has 6 nitrogen and oxygen atoms in total. The van der Waals surface area contributed by atoms with Crippen molar-refractivity contribution in [2.75, 3.05) is 29.4 Å². The third-order valence-electron chi connectivity index (χ3n) is 6.11. The first-order valence-corrected chi connectivity index (χ1v) is 12.1. The van der Waals surface area contributed by atoms with Crippen molar-refractivity contribution in [1.29, 1.82) is 0 Å². The highest BCUT2D eigenvalue weighted by atomic mass is 32.2. The zero-order valence-electron chi connectivity index (χ0n) is 17.2. The van der Waals surface area contributed by atoms with Crippen LogP contribution in [0.4, 0.5) is 19.6 Å². The van der Waals surface area contributed by atoms with E-state index in [9.17, 15) is 17.8 Å². The number of thiazole rings is 1. The SMILES string of the molecule is Cc1nc(N2CCC3(CN(c4cccc(-c5cc(F)ccc5F)c4)C3)C2=O)sc1S(N)=O. The van der Waals surface area contributed by atoms with E-state index < -0.39 is 28.0 Å². The van der Waals surface area contributed by atoms with Crippen molar-refractivity contribution < 1.29 is 17.8 Å². The number of nitrogens with zero attached hydrogens (tertiary/aromatic N) is 3. The molecule has 1 aromatic heterocycles. The van der Waals surface area contributed by atoms with Gasteiger partial charge in [-0.3, -0.25) is 9.69 Å². The van der Waals surface area contributed by atoms with Gasteiger partial charge in [-0.15, -0.1) is 0 Å². The van der Waals surface area contributed by atoms with Gasteiger partial charge in [0.2, 0.25) is 5.91 Å². The minimum Gasteiger partial charge on any atom is -0.369 e. The number of hydrogen-bond donors (Lipinski definition) is 1. The molecule has 3 aromatic rings. The second kappa shape index (κ2) is 7.72. The van der Waals surface area contributed by atoms with Gasteiger partial charge < -0.3 is 4.90 Å². The number of halogens is 2. The predicted octanol–water partition coefficient (Wildman–Crippen LogP) is 3.62. The number of nitrogens with two attached hydrogens (primary N) is 1. The van der Waals surface area contributed by atoms with Gasteiger partial charge in [0.15, 0.2) is 5.13 Å². The van der Waals surface area contributed by atoms with Crippen LogP contribution in [-0.4, -0.2) is 34.7 Å². The number of amides is 1. The number of rotatable bonds is 4. The highest BCUT2D eigenvalue weighted by molar-refractivity contribution is 7.85. The molecule has 0 aliphatic carbocycles. The Hall–Kier alpha value is -2.69. The maximum Gasteiger partial charge on any atom is 0.238 e. The third-order valence-corrected chi connectivity index (χ3v) is 8.49. The summed E-state index contributed by atoms with van der Waals surface area (Å²) in [5.41, 5.74) is 1.73. The molecule has 0 saturated carbocycles. The minimum atomic E-state index is -1.63. The van der Waals surface area contributed by atoms with E-state index in [1.807, 2.05) is 12.1 Å². The zero-order chi connectivity index (χ0) is 22.6. The summed E-state index contributed by atoms with van der Waals surface area (Å²) in [6.45, 7) is 3.36. The highest BCUT2D eigenvalue weighted by Gasteiger charge is 2.55. The molecule has 10 heteroatoms.